The van der Waals surface area contributed by atoms with E-state index in [1.807, 2.05) is 6.20 Å². The van der Waals surface area contributed by atoms with Crippen molar-refractivity contribution in [3.63, 3.8) is 0 Å². The number of imidazole rings is 1. The summed E-state index contributed by atoms with van der Waals surface area (Å²) in [6.45, 7) is 0. The summed E-state index contributed by atoms with van der Waals surface area (Å²) >= 11 is 0. The Morgan fingerprint density at radius 1 is 1.10 bits per heavy atom. The second-order valence-corrected chi connectivity index (χ2v) is 6.38. The quantitative estimate of drug-likeness (QED) is 0.558. The van der Waals surface area contributed by atoms with Gasteiger partial charge < -0.3 is 15.0 Å². The first-order chi connectivity index (χ1) is 14.0. The molecule has 9 heteroatoms. The molecule has 8 nitrogen and oxygen atoms in total. The Morgan fingerprint density at radius 3 is 2.59 bits per heavy atom. The summed E-state index contributed by atoms with van der Waals surface area (Å²) in [5.41, 5.74) is 2.93. The maximum absolute atomic E-state index is 13.1. The topological polar surface area (TPSA) is 93.3 Å². The monoisotopic (exact) mass is 392 g/mol. The molecule has 146 valence electrons. The number of aryl methyl sites for hydroxylation is 1. The average Bonchev–Trinajstić information content (AvgIpc) is 3.31. The van der Waals surface area contributed by atoms with Gasteiger partial charge in [-0.1, -0.05) is 0 Å². The fourth-order valence-electron chi connectivity index (χ4n) is 3.02. The van der Waals surface area contributed by atoms with E-state index >= 15 is 0 Å². The van der Waals surface area contributed by atoms with E-state index in [1.165, 1.54) is 30.1 Å². The van der Waals surface area contributed by atoms with Crippen LogP contribution in [0.1, 0.15) is 20.8 Å². The van der Waals surface area contributed by atoms with Crippen LogP contribution in [0.15, 0.2) is 55.0 Å². The van der Waals surface area contributed by atoms with E-state index in [9.17, 15) is 14.0 Å². The molecule has 0 spiro atoms. The van der Waals surface area contributed by atoms with Crippen LogP contribution in [0.3, 0.4) is 0 Å². The van der Waals surface area contributed by atoms with Gasteiger partial charge in [0.25, 0.3) is 11.8 Å². The first-order valence-electron chi connectivity index (χ1n) is 8.76. The van der Waals surface area contributed by atoms with Crippen LogP contribution in [-0.2, 0) is 7.05 Å². The molecule has 0 saturated carbocycles. The fourth-order valence-corrected chi connectivity index (χ4v) is 3.02. The van der Waals surface area contributed by atoms with E-state index in [0.29, 0.717) is 17.0 Å². The number of fused-ring (bicyclic) bond motifs is 1. The van der Waals surface area contributed by atoms with Crippen LogP contribution in [0.2, 0.25) is 0 Å². The summed E-state index contributed by atoms with van der Waals surface area (Å²) in [5.74, 6) is -1.16. The van der Waals surface area contributed by atoms with Crippen LogP contribution in [0.4, 0.5) is 10.1 Å². The number of nitrogens with one attached hydrogen (secondary N) is 2. The third kappa shape index (κ3) is 3.45. The van der Waals surface area contributed by atoms with Crippen LogP contribution in [0.25, 0.3) is 16.9 Å². The first-order valence-corrected chi connectivity index (χ1v) is 8.76. The van der Waals surface area contributed by atoms with Crippen LogP contribution in [0, 0.1) is 5.82 Å². The summed E-state index contributed by atoms with van der Waals surface area (Å²) in [6.07, 6.45) is 4.92. The lowest BCUT2D eigenvalue weighted by atomic mass is 10.2. The second kappa shape index (κ2) is 7.19. The molecule has 0 atom stereocenters. The van der Waals surface area contributed by atoms with E-state index in [1.54, 1.807) is 41.9 Å². The van der Waals surface area contributed by atoms with Gasteiger partial charge in [0.05, 0.1) is 17.5 Å². The van der Waals surface area contributed by atoms with Gasteiger partial charge in [0.1, 0.15) is 17.2 Å². The second-order valence-electron chi connectivity index (χ2n) is 6.38. The molecule has 2 amide bonds. The predicted octanol–water partition coefficient (Wildman–Crippen LogP) is 2.49. The maximum Gasteiger partial charge on any atom is 0.274 e. The van der Waals surface area contributed by atoms with Crippen molar-refractivity contribution in [3.8, 4) is 11.3 Å². The zero-order valence-electron chi connectivity index (χ0n) is 15.7. The number of hydrogen-bond donors (Lipinski definition) is 2. The minimum absolute atomic E-state index is 0.152. The van der Waals surface area contributed by atoms with Gasteiger partial charge >= 0.3 is 0 Å². The third-order valence-corrected chi connectivity index (χ3v) is 4.48. The van der Waals surface area contributed by atoms with Crippen LogP contribution in [0.5, 0.6) is 0 Å². The number of halogens is 1. The third-order valence-electron chi connectivity index (χ3n) is 4.48. The van der Waals surface area contributed by atoms with Gasteiger partial charge in [-0.3, -0.25) is 14.3 Å². The standard InChI is InChI=1S/C20H17FN6O2/c1-22-19(28)15-10-23-26(2)18(15)20(29)24-14-7-8-27-11-16(25-17(27)9-14)12-3-5-13(21)6-4-12/h3-11H,1-2H3,(H,22,28)(H,24,29). The molecular weight excluding hydrogens is 375 g/mol. The molecule has 0 saturated heterocycles. The number of carbonyl (C=O) groups excluding carboxylic acids is 2. The molecule has 4 rings (SSSR count). The number of benzene rings is 1. The van der Waals surface area contributed by atoms with Crippen LogP contribution < -0.4 is 10.6 Å². The number of rotatable bonds is 4. The molecule has 29 heavy (non-hydrogen) atoms. The van der Waals surface area contributed by atoms with Gasteiger partial charge in [0, 0.05) is 43.8 Å². The number of nitrogens with zero attached hydrogens (tertiary/aromatic N) is 4. The van der Waals surface area contributed by atoms with Gasteiger partial charge in [-0.2, -0.15) is 5.10 Å². The molecule has 0 radical (unpaired) electrons. The first kappa shape index (κ1) is 18.4. The number of amides is 2. The smallest absolute Gasteiger partial charge is 0.274 e. The molecule has 0 unspecified atom stereocenters. The maximum atomic E-state index is 13.1. The van der Waals surface area contributed by atoms with E-state index in [2.05, 4.69) is 20.7 Å². The van der Waals surface area contributed by atoms with Gasteiger partial charge in [-0.05, 0) is 30.3 Å². The van der Waals surface area contributed by atoms with Crippen molar-refractivity contribution in [1.29, 1.82) is 0 Å². The summed E-state index contributed by atoms with van der Waals surface area (Å²) in [6, 6.07) is 9.49. The molecule has 3 heterocycles. The molecule has 2 N–H and O–H groups in total. The van der Waals surface area contributed by atoms with E-state index in [-0.39, 0.29) is 17.1 Å². The highest BCUT2D eigenvalue weighted by Gasteiger charge is 2.21. The fraction of sp³-hybridized carbons (Fsp3) is 0.100. The summed E-state index contributed by atoms with van der Waals surface area (Å²) in [5, 5.41) is 9.25. The number of carbonyl (C=O) groups is 2. The highest BCUT2D eigenvalue weighted by molar-refractivity contribution is 6.11. The molecule has 0 fully saturated rings. The molecule has 3 aromatic heterocycles. The predicted molar refractivity (Wildman–Crippen MR) is 105 cm³/mol. The Bertz CT molecular complexity index is 1230. The Labute approximate surface area is 165 Å². The Hall–Kier alpha value is -4.01. The van der Waals surface area contributed by atoms with Crippen molar-refractivity contribution in [2.24, 2.45) is 7.05 Å². The van der Waals surface area contributed by atoms with E-state index in [4.69, 9.17) is 0 Å². The SMILES string of the molecule is CNC(=O)c1cnn(C)c1C(=O)Nc1ccn2cc(-c3ccc(F)cc3)nc2c1. The van der Waals surface area contributed by atoms with E-state index < -0.39 is 11.8 Å². The summed E-state index contributed by atoms with van der Waals surface area (Å²) < 4.78 is 16.3. The Kier molecular flexibility index (Phi) is 4.55. The van der Waals surface area contributed by atoms with Crippen molar-refractivity contribution in [2.45, 2.75) is 0 Å². The average molecular weight is 392 g/mol. The highest BCUT2D eigenvalue weighted by atomic mass is 19.1. The van der Waals surface area contributed by atoms with Crippen LogP contribution >= 0.6 is 0 Å². The van der Waals surface area contributed by atoms with Gasteiger partial charge in [-0.15, -0.1) is 0 Å². The van der Waals surface area contributed by atoms with Crippen molar-refractivity contribution in [1.82, 2.24) is 24.5 Å². The summed E-state index contributed by atoms with van der Waals surface area (Å²) in [4.78, 5) is 29.2. The summed E-state index contributed by atoms with van der Waals surface area (Å²) in [7, 11) is 3.08. The van der Waals surface area contributed by atoms with Gasteiger partial charge in [0.2, 0.25) is 0 Å². The molecule has 0 aliphatic heterocycles. The number of hydrogen-bond acceptors (Lipinski definition) is 4. The molecule has 0 aliphatic carbocycles. The zero-order chi connectivity index (χ0) is 20.5. The number of pyridine rings is 1. The Balaban J connectivity index is 1.62. The van der Waals surface area contributed by atoms with E-state index in [0.717, 1.165) is 5.56 Å². The number of aromatic nitrogens is 4. The lowest BCUT2D eigenvalue weighted by molar-refractivity contribution is 0.0946. The lowest BCUT2D eigenvalue weighted by Crippen LogP contribution is -2.24. The zero-order valence-corrected chi connectivity index (χ0v) is 15.7. The van der Waals surface area contributed by atoms with Gasteiger partial charge in [0.15, 0.2) is 0 Å². The molecular formula is C20H17FN6O2. The largest absolute Gasteiger partial charge is 0.355 e. The van der Waals surface area contributed by atoms with Crippen molar-refractivity contribution >= 4 is 23.1 Å². The normalized spacial score (nSPS) is 10.9. The molecule has 0 aliphatic rings. The van der Waals surface area contributed by atoms with Crippen molar-refractivity contribution in [3.05, 3.63) is 72.1 Å². The molecule has 4 aromatic rings. The number of anilines is 1. The lowest BCUT2D eigenvalue weighted by Gasteiger charge is -2.07. The minimum Gasteiger partial charge on any atom is -0.355 e. The van der Waals surface area contributed by atoms with Crippen molar-refractivity contribution < 1.29 is 14.0 Å². The van der Waals surface area contributed by atoms with Crippen LogP contribution in [-0.4, -0.2) is 38.0 Å². The molecule has 0 bridgehead atoms. The van der Waals surface area contributed by atoms with Crippen molar-refractivity contribution in [2.75, 3.05) is 12.4 Å². The Morgan fingerprint density at radius 2 is 1.86 bits per heavy atom. The molecule has 1 aromatic carbocycles. The van der Waals surface area contributed by atoms with Gasteiger partial charge in [-0.25, -0.2) is 9.37 Å². The minimum atomic E-state index is -0.460. The highest BCUT2D eigenvalue weighted by Crippen LogP contribution is 2.21.